The molecule has 0 aliphatic carbocycles. The maximum Gasteiger partial charge on any atom is 0.188 e. The zero-order chi connectivity index (χ0) is 15.8. The van der Waals surface area contributed by atoms with Crippen LogP contribution in [0.5, 0.6) is 11.5 Å². The average molecular weight is 329 g/mol. The lowest BCUT2D eigenvalue weighted by Gasteiger charge is -2.07. The molecule has 0 unspecified atom stereocenters. The van der Waals surface area contributed by atoms with E-state index in [4.69, 9.17) is 37.8 Å². The van der Waals surface area contributed by atoms with Gasteiger partial charge in [-0.3, -0.25) is 0 Å². The van der Waals surface area contributed by atoms with Crippen molar-refractivity contribution in [3.63, 3.8) is 0 Å². The molecule has 114 valence electrons. The predicted octanol–water partition coefficient (Wildman–Crippen LogP) is 4.99. The molecule has 2 aromatic rings. The number of hydrogen-bond acceptors (Lipinski definition) is 3. The Morgan fingerprint density at radius 2 is 1.52 bits per heavy atom. The van der Waals surface area contributed by atoms with Gasteiger partial charge < -0.3 is 14.6 Å². The van der Waals surface area contributed by atoms with Gasteiger partial charge in [0.15, 0.2) is 6.79 Å². The summed E-state index contributed by atoms with van der Waals surface area (Å²) >= 11 is 11.3. The Labute approximate surface area is 135 Å². The molecule has 0 aliphatic rings. The summed E-state index contributed by atoms with van der Waals surface area (Å²) in [5.41, 5.74) is 1.90. The lowest BCUT2D eigenvalue weighted by molar-refractivity contribution is 0.0506. The van der Waals surface area contributed by atoms with Gasteiger partial charge in [0.2, 0.25) is 0 Å². The first-order valence-corrected chi connectivity index (χ1v) is 7.02. The molecular formula is C16H18Cl2O3. The first-order valence-electron chi connectivity index (χ1n) is 6.27. The number of benzene rings is 2. The molecule has 21 heavy (non-hydrogen) atoms. The van der Waals surface area contributed by atoms with Crippen molar-refractivity contribution < 1.29 is 14.6 Å². The van der Waals surface area contributed by atoms with Crippen LogP contribution in [0.1, 0.15) is 11.1 Å². The Morgan fingerprint density at radius 3 is 2.05 bits per heavy atom. The van der Waals surface area contributed by atoms with Gasteiger partial charge in [-0.1, -0.05) is 35.3 Å². The fourth-order valence-electron chi connectivity index (χ4n) is 1.43. The van der Waals surface area contributed by atoms with Crippen LogP contribution in [-0.2, 0) is 4.74 Å². The molecule has 0 aromatic heterocycles. The highest BCUT2D eigenvalue weighted by Gasteiger charge is 1.99. The van der Waals surface area contributed by atoms with Crippen molar-refractivity contribution in [1.29, 1.82) is 0 Å². The van der Waals surface area contributed by atoms with Crippen LogP contribution in [0.15, 0.2) is 36.4 Å². The fourth-order valence-corrected chi connectivity index (χ4v) is 1.76. The van der Waals surface area contributed by atoms with E-state index in [1.807, 2.05) is 26.0 Å². The van der Waals surface area contributed by atoms with Crippen molar-refractivity contribution in [2.75, 3.05) is 13.9 Å². The third kappa shape index (κ3) is 6.25. The highest BCUT2D eigenvalue weighted by Crippen LogP contribution is 2.22. The maximum atomic E-state index is 9.02. The van der Waals surface area contributed by atoms with Crippen LogP contribution < -0.4 is 4.74 Å². The molecule has 1 N–H and O–H groups in total. The molecule has 5 heteroatoms. The van der Waals surface area contributed by atoms with E-state index in [-0.39, 0.29) is 12.5 Å². The minimum absolute atomic E-state index is 0.251. The molecule has 0 fully saturated rings. The second-order valence-corrected chi connectivity index (χ2v) is 5.26. The molecule has 0 heterocycles. The zero-order valence-electron chi connectivity index (χ0n) is 12.2. The normalized spacial score (nSPS) is 9.76. The molecule has 0 saturated heterocycles. The highest BCUT2D eigenvalue weighted by molar-refractivity contribution is 6.31. The van der Waals surface area contributed by atoms with Crippen LogP contribution in [0, 0.1) is 13.8 Å². The summed E-state index contributed by atoms with van der Waals surface area (Å²) < 4.78 is 10.0. The monoisotopic (exact) mass is 328 g/mol. The number of hydrogen-bond donors (Lipinski definition) is 1. The predicted molar refractivity (Wildman–Crippen MR) is 86.5 cm³/mol. The summed E-state index contributed by atoms with van der Waals surface area (Å²) in [6.45, 7) is 4.04. The van der Waals surface area contributed by atoms with Crippen molar-refractivity contribution in [3.05, 3.63) is 57.6 Å². The van der Waals surface area contributed by atoms with Gasteiger partial charge in [0.1, 0.15) is 11.5 Å². The van der Waals surface area contributed by atoms with Gasteiger partial charge in [-0.25, -0.2) is 0 Å². The van der Waals surface area contributed by atoms with E-state index in [0.29, 0.717) is 10.0 Å². The summed E-state index contributed by atoms with van der Waals surface area (Å²) in [5.74, 6) is 1.02. The molecule has 0 atom stereocenters. The lowest BCUT2D eigenvalue weighted by atomic mass is 10.2. The minimum atomic E-state index is 0.251. The van der Waals surface area contributed by atoms with Crippen molar-refractivity contribution >= 4 is 23.2 Å². The van der Waals surface area contributed by atoms with Gasteiger partial charge in [0, 0.05) is 17.2 Å². The number of aryl methyl sites for hydroxylation is 2. The quantitative estimate of drug-likeness (QED) is 0.807. The van der Waals surface area contributed by atoms with Crippen molar-refractivity contribution in [2.45, 2.75) is 13.8 Å². The van der Waals surface area contributed by atoms with Gasteiger partial charge in [-0.15, -0.1) is 0 Å². The van der Waals surface area contributed by atoms with Crippen LogP contribution in [0.25, 0.3) is 0 Å². The van der Waals surface area contributed by atoms with Crippen molar-refractivity contribution in [3.8, 4) is 11.5 Å². The third-order valence-electron chi connectivity index (χ3n) is 2.65. The van der Waals surface area contributed by atoms with E-state index < -0.39 is 0 Å². The molecule has 0 spiro atoms. The number of ether oxygens (including phenoxy) is 2. The van der Waals surface area contributed by atoms with Crippen molar-refractivity contribution in [1.82, 2.24) is 0 Å². The second-order valence-electron chi connectivity index (χ2n) is 4.39. The molecule has 0 aliphatic heterocycles. The Bertz CT molecular complexity index is 586. The van der Waals surface area contributed by atoms with Gasteiger partial charge in [-0.05, 0) is 49.2 Å². The number of rotatable bonds is 3. The molecule has 2 aromatic carbocycles. The number of phenols is 1. The topological polar surface area (TPSA) is 38.7 Å². The minimum Gasteiger partial charge on any atom is -0.508 e. The summed E-state index contributed by atoms with van der Waals surface area (Å²) in [6.07, 6.45) is 0. The Morgan fingerprint density at radius 1 is 0.952 bits per heavy atom. The van der Waals surface area contributed by atoms with E-state index >= 15 is 0 Å². The smallest absolute Gasteiger partial charge is 0.188 e. The first-order chi connectivity index (χ1) is 9.93. The van der Waals surface area contributed by atoms with Crippen molar-refractivity contribution in [2.24, 2.45) is 0 Å². The fraction of sp³-hybridized carbons (Fsp3) is 0.250. The van der Waals surface area contributed by atoms with Gasteiger partial charge in [0.05, 0.1) is 0 Å². The summed E-state index contributed by atoms with van der Waals surface area (Å²) in [4.78, 5) is 0. The van der Waals surface area contributed by atoms with E-state index in [9.17, 15) is 0 Å². The summed E-state index contributed by atoms with van der Waals surface area (Å²) in [5, 5.41) is 10.3. The Kier molecular flexibility index (Phi) is 7.37. The largest absolute Gasteiger partial charge is 0.508 e. The van der Waals surface area contributed by atoms with E-state index in [1.54, 1.807) is 25.3 Å². The zero-order valence-corrected chi connectivity index (χ0v) is 13.7. The van der Waals surface area contributed by atoms with E-state index in [2.05, 4.69) is 0 Å². The van der Waals surface area contributed by atoms with E-state index in [0.717, 1.165) is 16.9 Å². The first kappa shape index (κ1) is 17.6. The SMILES string of the molecule is COCOc1cc(Cl)ccc1C.Cc1ccc(Cl)cc1O. The van der Waals surface area contributed by atoms with Crippen LogP contribution >= 0.6 is 23.2 Å². The van der Waals surface area contributed by atoms with E-state index in [1.165, 1.54) is 6.07 Å². The average Bonchev–Trinajstić information content (AvgIpc) is 2.45. The number of methoxy groups -OCH3 is 1. The summed E-state index contributed by atoms with van der Waals surface area (Å²) in [7, 11) is 1.58. The number of phenolic OH excluding ortho intramolecular Hbond substituents is 1. The Hall–Kier alpha value is -1.42. The maximum absolute atomic E-state index is 9.02. The number of halogens is 2. The molecular weight excluding hydrogens is 311 g/mol. The highest BCUT2D eigenvalue weighted by atomic mass is 35.5. The molecule has 0 amide bonds. The summed E-state index contributed by atoms with van der Waals surface area (Å²) in [6, 6.07) is 10.6. The molecule has 0 radical (unpaired) electrons. The molecule has 2 rings (SSSR count). The number of aromatic hydroxyl groups is 1. The molecule has 3 nitrogen and oxygen atoms in total. The lowest BCUT2D eigenvalue weighted by Crippen LogP contribution is -1.99. The van der Waals surface area contributed by atoms with Crippen LogP contribution in [0.2, 0.25) is 10.0 Å². The molecule has 0 saturated carbocycles. The third-order valence-corrected chi connectivity index (χ3v) is 3.12. The second kappa shape index (κ2) is 8.78. The van der Waals surface area contributed by atoms with Gasteiger partial charge >= 0.3 is 0 Å². The van der Waals surface area contributed by atoms with Crippen LogP contribution in [-0.4, -0.2) is 19.0 Å². The Balaban J connectivity index is 0.000000219. The molecule has 0 bridgehead atoms. The van der Waals surface area contributed by atoms with Gasteiger partial charge in [-0.2, -0.15) is 0 Å². The standard InChI is InChI=1S/C9H11ClO2.C7H7ClO/c1-7-3-4-8(10)5-9(7)12-6-11-2;1-5-2-3-6(8)4-7(5)9/h3-5H,6H2,1-2H3;2-4,9H,1H3. The van der Waals surface area contributed by atoms with Crippen LogP contribution in [0.4, 0.5) is 0 Å². The van der Waals surface area contributed by atoms with Crippen LogP contribution in [0.3, 0.4) is 0 Å². The van der Waals surface area contributed by atoms with Gasteiger partial charge in [0.25, 0.3) is 0 Å².